The van der Waals surface area contributed by atoms with E-state index in [1.165, 1.54) is 6.33 Å². The fourth-order valence-electron chi connectivity index (χ4n) is 3.91. The highest BCUT2D eigenvalue weighted by Gasteiger charge is 2.48. The average molecular weight is 352 g/mol. The molecule has 1 saturated carbocycles. The van der Waals surface area contributed by atoms with Crippen molar-refractivity contribution in [1.29, 1.82) is 0 Å². The Morgan fingerprint density at radius 1 is 1.27 bits per heavy atom. The van der Waals surface area contributed by atoms with Gasteiger partial charge in [-0.2, -0.15) is 19.7 Å². The number of hydrogen-bond donors (Lipinski definition) is 1. The first-order valence-corrected chi connectivity index (χ1v) is 8.85. The molecule has 2 aliphatic rings. The number of aromatic nitrogens is 6. The molecule has 2 fully saturated rings. The summed E-state index contributed by atoms with van der Waals surface area (Å²) in [5.74, 6) is 1.54. The Balaban J connectivity index is 1.55. The first kappa shape index (κ1) is 15.3. The highest BCUT2D eigenvalue weighted by molar-refractivity contribution is 5.81. The Bertz CT molecular complexity index is 988. The van der Waals surface area contributed by atoms with E-state index in [0.717, 1.165) is 30.0 Å². The normalized spacial score (nSPS) is 23.2. The zero-order chi connectivity index (χ0) is 17.8. The van der Waals surface area contributed by atoms with Gasteiger partial charge in [-0.15, -0.1) is 0 Å². The van der Waals surface area contributed by atoms with Crippen LogP contribution in [0.4, 0.5) is 5.82 Å². The number of fused-ring (bicyclic) bond motifs is 1. The largest absolute Gasteiger partial charge is 0.364 e. The lowest BCUT2D eigenvalue weighted by Gasteiger charge is -2.29. The number of rotatable bonds is 4. The zero-order valence-corrected chi connectivity index (χ0v) is 14.7. The van der Waals surface area contributed by atoms with Crippen molar-refractivity contribution in [3.05, 3.63) is 36.0 Å². The molecule has 3 aromatic rings. The van der Waals surface area contributed by atoms with Crippen molar-refractivity contribution < 1.29 is 4.79 Å². The summed E-state index contributed by atoms with van der Waals surface area (Å²) in [6, 6.07) is 4.17. The monoisotopic (exact) mass is 352 g/mol. The Hall–Kier alpha value is -2.97. The average Bonchev–Trinajstić information content (AvgIpc) is 3.01. The van der Waals surface area contributed by atoms with Gasteiger partial charge >= 0.3 is 0 Å². The number of amides is 1. The molecule has 26 heavy (non-hydrogen) atoms. The van der Waals surface area contributed by atoms with Gasteiger partial charge in [0.15, 0.2) is 0 Å². The van der Waals surface area contributed by atoms with Gasteiger partial charge in [0.25, 0.3) is 5.78 Å². The summed E-state index contributed by atoms with van der Waals surface area (Å²) in [5.41, 5.74) is 1.90. The molecule has 1 saturated heterocycles. The Labute approximate surface area is 150 Å². The molecule has 0 aromatic carbocycles. The molecule has 0 bridgehead atoms. The van der Waals surface area contributed by atoms with Gasteiger partial charge in [0.1, 0.15) is 12.1 Å². The van der Waals surface area contributed by atoms with Crippen LogP contribution in [0.3, 0.4) is 0 Å². The minimum absolute atomic E-state index is 0.0467. The molecule has 2 atom stereocenters. The van der Waals surface area contributed by atoms with Crippen LogP contribution in [0, 0.1) is 6.92 Å². The molecular formula is C17H20N8O. The topological polar surface area (TPSA) is 93.2 Å². The van der Waals surface area contributed by atoms with E-state index in [0.29, 0.717) is 18.2 Å². The van der Waals surface area contributed by atoms with E-state index in [1.54, 1.807) is 10.7 Å². The SMILES string of the molecule is Cc1cc(N[C@@H]2CC(=O)N(C3CC3)[C@H]2c2ccnn2C)n2ncnc2n1. The standard InChI is InChI=1S/C17H20N8O/c1-10-7-14(25-17(21-10)18-9-20-25)22-12-8-15(26)24(11-3-4-11)16(12)13-5-6-19-23(13)2/h5-7,9,11-12,16,22H,3-4,8H2,1-2H3/t12-,16-/m1/s1. The maximum absolute atomic E-state index is 12.8. The smallest absolute Gasteiger partial charge is 0.254 e. The van der Waals surface area contributed by atoms with E-state index in [1.807, 2.05) is 35.7 Å². The van der Waals surface area contributed by atoms with Gasteiger partial charge in [-0.3, -0.25) is 9.48 Å². The number of anilines is 1. The third-order valence-corrected chi connectivity index (χ3v) is 5.18. The minimum Gasteiger partial charge on any atom is -0.364 e. The van der Waals surface area contributed by atoms with Gasteiger partial charge in [-0.1, -0.05) is 0 Å². The Morgan fingerprint density at radius 3 is 2.85 bits per heavy atom. The van der Waals surface area contributed by atoms with E-state index < -0.39 is 0 Å². The summed E-state index contributed by atoms with van der Waals surface area (Å²) in [6.45, 7) is 1.93. The summed E-state index contributed by atoms with van der Waals surface area (Å²) in [5, 5.41) is 12.1. The highest BCUT2D eigenvalue weighted by Crippen LogP contribution is 2.42. The number of nitrogens with one attached hydrogen (secondary N) is 1. The van der Waals surface area contributed by atoms with Crippen molar-refractivity contribution in [1.82, 2.24) is 34.3 Å². The van der Waals surface area contributed by atoms with Crippen molar-refractivity contribution in [3.8, 4) is 0 Å². The van der Waals surface area contributed by atoms with E-state index >= 15 is 0 Å². The van der Waals surface area contributed by atoms with Gasteiger partial charge in [0, 0.05) is 37.5 Å². The second kappa shape index (κ2) is 5.52. The molecule has 9 nitrogen and oxygen atoms in total. The second-order valence-electron chi connectivity index (χ2n) is 7.07. The molecule has 5 rings (SSSR count). The van der Waals surface area contributed by atoms with Crippen LogP contribution >= 0.6 is 0 Å². The maximum Gasteiger partial charge on any atom is 0.254 e. The summed E-state index contributed by atoms with van der Waals surface area (Å²) in [7, 11) is 1.92. The predicted molar refractivity (Wildman–Crippen MR) is 93.4 cm³/mol. The molecule has 0 unspecified atom stereocenters. The predicted octanol–water partition coefficient (Wildman–Crippen LogP) is 1.08. The van der Waals surface area contributed by atoms with Crippen molar-refractivity contribution in [2.24, 2.45) is 7.05 Å². The van der Waals surface area contributed by atoms with Gasteiger partial charge < -0.3 is 10.2 Å². The number of aryl methyl sites for hydroxylation is 2. The molecule has 9 heteroatoms. The molecular weight excluding hydrogens is 332 g/mol. The van der Waals surface area contributed by atoms with Crippen LogP contribution < -0.4 is 5.32 Å². The molecule has 1 amide bonds. The van der Waals surface area contributed by atoms with E-state index in [-0.39, 0.29) is 18.0 Å². The number of hydrogen-bond acceptors (Lipinski definition) is 6. The van der Waals surface area contributed by atoms with Crippen LogP contribution in [-0.4, -0.2) is 52.3 Å². The third kappa shape index (κ3) is 2.34. The van der Waals surface area contributed by atoms with Crippen LogP contribution in [-0.2, 0) is 11.8 Å². The summed E-state index contributed by atoms with van der Waals surface area (Å²) in [6.07, 6.45) is 5.88. The molecule has 1 aliphatic carbocycles. The van der Waals surface area contributed by atoms with Crippen LogP contribution in [0.5, 0.6) is 0 Å². The molecule has 1 aliphatic heterocycles. The minimum atomic E-state index is -0.0623. The van der Waals surface area contributed by atoms with Crippen molar-refractivity contribution in [2.45, 2.75) is 44.3 Å². The first-order chi connectivity index (χ1) is 12.6. The van der Waals surface area contributed by atoms with Crippen LogP contribution in [0.25, 0.3) is 5.78 Å². The van der Waals surface area contributed by atoms with E-state index in [4.69, 9.17) is 0 Å². The fraction of sp³-hybridized carbons (Fsp3) is 0.471. The molecule has 0 radical (unpaired) electrons. The summed E-state index contributed by atoms with van der Waals surface area (Å²) >= 11 is 0. The lowest BCUT2D eigenvalue weighted by Crippen LogP contribution is -2.35. The number of carbonyl (C=O) groups is 1. The zero-order valence-electron chi connectivity index (χ0n) is 14.7. The maximum atomic E-state index is 12.8. The van der Waals surface area contributed by atoms with Crippen molar-refractivity contribution in [3.63, 3.8) is 0 Å². The Kier molecular flexibility index (Phi) is 3.25. The lowest BCUT2D eigenvalue weighted by atomic mass is 10.1. The number of likely N-dealkylation sites (tertiary alicyclic amines) is 1. The summed E-state index contributed by atoms with van der Waals surface area (Å²) in [4.78, 5) is 23.4. The molecule has 3 aromatic heterocycles. The quantitative estimate of drug-likeness (QED) is 0.755. The van der Waals surface area contributed by atoms with Crippen molar-refractivity contribution in [2.75, 3.05) is 5.32 Å². The number of nitrogens with zero attached hydrogens (tertiary/aromatic N) is 7. The van der Waals surface area contributed by atoms with Gasteiger partial charge in [0.2, 0.25) is 5.91 Å². The summed E-state index contributed by atoms with van der Waals surface area (Å²) < 4.78 is 3.54. The van der Waals surface area contributed by atoms with Crippen LogP contribution in [0.15, 0.2) is 24.7 Å². The van der Waals surface area contributed by atoms with Crippen LogP contribution in [0.2, 0.25) is 0 Å². The lowest BCUT2D eigenvalue weighted by molar-refractivity contribution is -0.129. The van der Waals surface area contributed by atoms with E-state index in [9.17, 15) is 4.79 Å². The molecule has 0 spiro atoms. The fourth-order valence-corrected chi connectivity index (χ4v) is 3.91. The highest BCUT2D eigenvalue weighted by atomic mass is 16.2. The van der Waals surface area contributed by atoms with Crippen molar-refractivity contribution >= 4 is 17.5 Å². The van der Waals surface area contributed by atoms with E-state index in [2.05, 4.69) is 25.5 Å². The second-order valence-corrected chi connectivity index (χ2v) is 7.07. The molecule has 4 heterocycles. The van der Waals surface area contributed by atoms with Gasteiger partial charge in [-0.05, 0) is 25.8 Å². The van der Waals surface area contributed by atoms with Gasteiger partial charge in [-0.25, -0.2) is 4.98 Å². The Morgan fingerprint density at radius 2 is 2.12 bits per heavy atom. The molecule has 134 valence electrons. The van der Waals surface area contributed by atoms with Gasteiger partial charge in [0.05, 0.1) is 17.8 Å². The van der Waals surface area contributed by atoms with Crippen LogP contribution in [0.1, 0.15) is 36.7 Å². The number of carbonyl (C=O) groups excluding carboxylic acids is 1. The first-order valence-electron chi connectivity index (χ1n) is 8.85. The third-order valence-electron chi connectivity index (χ3n) is 5.18. The molecule has 1 N–H and O–H groups in total.